The van der Waals surface area contributed by atoms with Crippen molar-refractivity contribution in [1.29, 1.82) is 0 Å². The Balaban J connectivity index is 0.00000864. The third kappa shape index (κ3) is 26.1. The van der Waals surface area contributed by atoms with Gasteiger partial charge in [0.2, 0.25) is 0 Å². The van der Waals surface area contributed by atoms with E-state index in [1.54, 1.807) is 0 Å². The molecule has 0 amide bonds. The molecular weight excluding hydrogens is 1010 g/mol. The molecule has 392 valence electrons. The van der Waals surface area contributed by atoms with Gasteiger partial charge < -0.3 is 42.6 Å². The Morgan fingerprint density at radius 2 is 0.451 bits per heavy atom. The van der Waals surface area contributed by atoms with Crippen LogP contribution >= 0.6 is 0 Å². The number of ether oxygens (including phenoxy) is 9. The fourth-order valence-electron chi connectivity index (χ4n) is 9.70. The van der Waals surface area contributed by atoms with Crippen LogP contribution in [0.4, 0.5) is 0 Å². The molecule has 0 N–H and O–H groups in total. The van der Waals surface area contributed by atoms with Gasteiger partial charge in [-0.1, -0.05) is 149 Å². The average Bonchev–Trinajstić information content (AvgIpc) is 3.23. The Labute approximate surface area is 491 Å². The van der Waals surface area contributed by atoms with Crippen molar-refractivity contribution in [3.63, 3.8) is 0 Å². The zero-order valence-corrected chi connectivity index (χ0v) is 52.7. The van der Waals surface area contributed by atoms with Crippen LogP contribution in [0.3, 0.4) is 0 Å². The van der Waals surface area contributed by atoms with E-state index in [4.69, 9.17) is 42.6 Å². The van der Waals surface area contributed by atoms with E-state index in [1.807, 2.05) is 54.6 Å². The number of hydrogen-bond acceptors (Lipinski definition) is 9. The van der Waals surface area contributed by atoms with Gasteiger partial charge >= 0.3 is 68.9 Å². The molecule has 0 aliphatic heterocycles. The summed E-state index contributed by atoms with van der Waals surface area (Å²) in [5.74, 6) is 4.34. The average molecular weight is 1100 g/mol. The first-order valence-corrected chi connectivity index (χ1v) is 25.3. The van der Waals surface area contributed by atoms with Crippen LogP contribution in [0.2, 0.25) is 0 Å². The molecule has 0 aromatic heterocycles. The molecule has 0 unspecified atom stereocenters. The number of benzene rings is 4. The molecule has 0 aliphatic rings. The van der Waals surface area contributed by atoms with E-state index < -0.39 is 0 Å². The summed E-state index contributed by atoms with van der Waals surface area (Å²) in [6, 6.07) is 30.8. The van der Waals surface area contributed by atoms with Crippen molar-refractivity contribution >= 4 is 8.41 Å². The minimum atomic E-state index is 0. The van der Waals surface area contributed by atoms with Gasteiger partial charge in [-0.2, -0.15) is 0 Å². The van der Waals surface area contributed by atoms with Crippen LogP contribution < -0.4 is 97.3 Å². The van der Waals surface area contributed by atoms with Crippen LogP contribution in [0.1, 0.15) is 140 Å². The SMILES string of the molecule is CC(C)(C)CC(C)(C)c1ccc(OCCOCCOc2cc(OCCOCCOc3ccc(C(C)(C)CC(C)(C)C)cc3)cc(OCCOCCOc3ccc(C(C)(C)CC(C)(C)C)cc3)c2)cc1.[BH4-].[Cs+]. The van der Waals surface area contributed by atoms with Gasteiger partial charge in [0.1, 0.15) is 74.1 Å². The maximum atomic E-state index is 6.11. The first kappa shape index (κ1) is 64.8. The molecule has 4 aromatic rings. The van der Waals surface area contributed by atoms with E-state index in [1.165, 1.54) is 16.7 Å². The van der Waals surface area contributed by atoms with E-state index in [9.17, 15) is 0 Å². The van der Waals surface area contributed by atoms with Gasteiger partial charge in [0, 0.05) is 18.2 Å². The number of rotatable bonds is 30. The Bertz CT molecular complexity index is 1810. The van der Waals surface area contributed by atoms with Crippen LogP contribution in [-0.4, -0.2) is 87.7 Å². The van der Waals surface area contributed by atoms with Crippen LogP contribution in [0.5, 0.6) is 34.5 Å². The van der Waals surface area contributed by atoms with E-state index in [-0.39, 0.29) is 110 Å². The van der Waals surface area contributed by atoms with E-state index >= 15 is 0 Å². The van der Waals surface area contributed by atoms with Crippen LogP contribution in [0.15, 0.2) is 91.0 Å². The quantitative estimate of drug-likeness (QED) is 0.0375. The van der Waals surface area contributed by atoms with E-state index in [2.05, 4.69) is 140 Å². The van der Waals surface area contributed by atoms with E-state index in [0.29, 0.717) is 96.5 Å². The van der Waals surface area contributed by atoms with Crippen molar-refractivity contribution < 1.29 is 112 Å². The zero-order valence-electron chi connectivity index (χ0n) is 46.4. The molecule has 0 saturated heterocycles. The van der Waals surface area contributed by atoms with Crippen LogP contribution in [0, 0.1) is 16.2 Å². The molecule has 4 aromatic carbocycles. The van der Waals surface area contributed by atoms with Crippen molar-refractivity contribution in [3.05, 3.63) is 108 Å². The van der Waals surface area contributed by atoms with Gasteiger partial charge in [-0.25, -0.2) is 0 Å². The first-order chi connectivity index (χ1) is 32.3. The summed E-state index contributed by atoms with van der Waals surface area (Å²) in [5, 5.41) is 0. The Kier molecular flexibility index (Phi) is 27.6. The van der Waals surface area contributed by atoms with Crippen LogP contribution in [-0.2, 0) is 30.5 Å². The minimum absolute atomic E-state index is 0. The Morgan fingerprint density at radius 3 is 0.634 bits per heavy atom. The molecule has 0 aliphatic carbocycles. The molecule has 0 fully saturated rings. The summed E-state index contributed by atoms with van der Waals surface area (Å²) in [4.78, 5) is 0. The summed E-state index contributed by atoms with van der Waals surface area (Å²) in [5.41, 5.74) is 4.95. The van der Waals surface area contributed by atoms with Crippen molar-refractivity contribution in [2.75, 3.05) is 79.3 Å². The molecular formula is C60H94BCsO9. The fraction of sp³-hybridized carbons (Fsp3) is 0.600. The van der Waals surface area contributed by atoms with E-state index in [0.717, 1.165) is 36.5 Å². The predicted molar refractivity (Wildman–Crippen MR) is 294 cm³/mol. The van der Waals surface area contributed by atoms with Gasteiger partial charge in [-0.3, -0.25) is 0 Å². The topological polar surface area (TPSA) is 83.1 Å². The van der Waals surface area contributed by atoms with Gasteiger partial charge in [-0.15, -0.1) is 0 Å². The minimum Gasteiger partial charge on any atom is -0.491 e. The van der Waals surface area contributed by atoms with Gasteiger partial charge in [0.15, 0.2) is 0 Å². The fourth-order valence-corrected chi connectivity index (χ4v) is 9.70. The van der Waals surface area contributed by atoms with Crippen LogP contribution in [0.25, 0.3) is 0 Å². The van der Waals surface area contributed by atoms with Gasteiger partial charge in [0.05, 0.1) is 39.6 Å². The zero-order chi connectivity index (χ0) is 50.8. The standard InChI is InChI=1S/C60H90O9.BH4.Cs/c1-55(2,3)43-58(10,11)46-16-22-49(23-17-46)64-34-28-61-31-37-67-52-40-53(68-38-32-62-29-35-65-50-24-18-47(19-25-50)59(12,13)44-56(4,5)6)42-54(41-52)69-39-33-63-30-36-66-51-26-20-48(21-27-51)60(14,15)45-57(7,8)9;;/h16-27,40-42H,28-39,43-45H2,1-15H3;1H4;/q;-1;+1. The Hall–Kier alpha value is -2.32. The molecule has 0 saturated carbocycles. The molecule has 0 spiro atoms. The molecule has 0 radical (unpaired) electrons. The maximum absolute atomic E-state index is 6.11. The molecule has 11 heteroatoms. The van der Waals surface area contributed by atoms with Gasteiger partial charge in [0.25, 0.3) is 0 Å². The summed E-state index contributed by atoms with van der Waals surface area (Å²) in [6.07, 6.45) is 3.29. The van der Waals surface area contributed by atoms with Crippen molar-refractivity contribution in [2.24, 2.45) is 16.2 Å². The second-order valence-electron chi connectivity index (χ2n) is 24.0. The monoisotopic (exact) mass is 1100 g/mol. The largest absolute Gasteiger partial charge is 1.00 e. The van der Waals surface area contributed by atoms with Gasteiger partial charge in [-0.05, 0) is 105 Å². The molecule has 9 nitrogen and oxygen atoms in total. The molecule has 4 rings (SSSR count). The summed E-state index contributed by atoms with van der Waals surface area (Å²) in [6.45, 7) is 39.3. The van der Waals surface area contributed by atoms with Crippen molar-refractivity contribution in [3.8, 4) is 34.5 Å². The smallest absolute Gasteiger partial charge is 0.491 e. The predicted octanol–water partition coefficient (Wildman–Crippen LogP) is 9.80. The Morgan fingerprint density at radius 1 is 0.268 bits per heavy atom. The molecule has 0 heterocycles. The number of hydrogen-bond donors (Lipinski definition) is 0. The molecule has 71 heavy (non-hydrogen) atoms. The molecule has 0 bridgehead atoms. The first-order valence-electron chi connectivity index (χ1n) is 25.3. The third-order valence-electron chi connectivity index (χ3n) is 11.7. The summed E-state index contributed by atoms with van der Waals surface area (Å²) >= 11 is 0. The van der Waals surface area contributed by atoms with Crippen molar-refractivity contribution in [1.82, 2.24) is 0 Å². The molecule has 0 atom stereocenters. The second-order valence-corrected chi connectivity index (χ2v) is 24.0. The summed E-state index contributed by atoms with van der Waals surface area (Å²) in [7, 11) is 0. The third-order valence-corrected chi connectivity index (χ3v) is 11.7. The second kappa shape index (κ2) is 30.3. The van der Waals surface area contributed by atoms with Crippen molar-refractivity contribution in [2.45, 2.75) is 139 Å². The summed E-state index contributed by atoms with van der Waals surface area (Å²) < 4.78 is 53.8. The maximum Gasteiger partial charge on any atom is 1.00 e. The normalized spacial score (nSPS) is 12.4.